The summed E-state index contributed by atoms with van der Waals surface area (Å²) in [6.07, 6.45) is 1.02. The number of rotatable bonds is 2. The normalized spacial score (nSPS) is 13.1. The second kappa shape index (κ2) is 5.21. The van der Waals surface area contributed by atoms with Crippen molar-refractivity contribution in [3.05, 3.63) is 59.4 Å². The highest BCUT2D eigenvalue weighted by Crippen LogP contribution is 2.24. The van der Waals surface area contributed by atoms with E-state index in [1.807, 2.05) is 30.3 Å². The van der Waals surface area contributed by atoms with Crippen molar-refractivity contribution in [2.45, 2.75) is 19.7 Å². The van der Waals surface area contributed by atoms with Crippen molar-refractivity contribution in [1.82, 2.24) is 9.88 Å². The van der Waals surface area contributed by atoms with Crippen LogP contribution < -0.4 is 0 Å². The zero-order chi connectivity index (χ0) is 13.9. The molecule has 1 aromatic heterocycles. The molecule has 0 radical (unpaired) electrons. The molecule has 0 atom stereocenters. The molecule has 0 unspecified atom stereocenters. The zero-order valence-corrected chi connectivity index (χ0v) is 10.8. The Morgan fingerprint density at radius 3 is 2.90 bits per heavy atom. The van der Waals surface area contributed by atoms with E-state index < -0.39 is 0 Å². The lowest BCUT2D eigenvalue weighted by Crippen LogP contribution is -2.26. The minimum absolute atomic E-state index is 0.114. The standard InChI is InChI=1S/C15H14N2O3/c18-13-6-12-8-17(9-14(12)16-7-13)15(19)20-10-11-4-2-1-3-5-11/h1-7,18H,8-10H2. The van der Waals surface area contributed by atoms with E-state index in [0.717, 1.165) is 16.8 Å². The number of amides is 1. The lowest BCUT2D eigenvalue weighted by molar-refractivity contribution is 0.0953. The van der Waals surface area contributed by atoms with E-state index in [2.05, 4.69) is 4.98 Å². The Kier molecular flexibility index (Phi) is 3.25. The summed E-state index contributed by atoms with van der Waals surface area (Å²) >= 11 is 0. The van der Waals surface area contributed by atoms with Gasteiger partial charge in [0.2, 0.25) is 0 Å². The number of carbonyl (C=O) groups excluding carboxylic acids is 1. The van der Waals surface area contributed by atoms with Crippen LogP contribution in [0.3, 0.4) is 0 Å². The second-order valence-electron chi connectivity index (χ2n) is 4.70. The number of aromatic nitrogens is 1. The van der Waals surface area contributed by atoms with Gasteiger partial charge in [0.1, 0.15) is 12.4 Å². The summed E-state index contributed by atoms with van der Waals surface area (Å²) in [7, 11) is 0. The van der Waals surface area contributed by atoms with E-state index in [1.165, 1.54) is 6.20 Å². The van der Waals surface area contributed by atoms with Gasteiger partial charge in [-0.25, -0.2) is 4.79 Å². The summed E-state index contributed by atoms with van der Waals surface area (Å²) in [5, 5.41) is 9.38. The van der Waals surface area contributed by atoms with Crippen LogP contribution in [0, 0.1) is 0 Å². The molecule has 1 amide bonds. The Hall–Kier alpha value is -2.56. The van der Waals surface area contributed by atoms with Crippen LogP contribution in [0.4, 0.5) is 4.79 Å². The van der Waals surface area contributed by atoms with Crippen LogP contribution in [0.15, 0.2) is 42.6 Å². The molecule has 2 aromatic rings. The topological polar surface area (TPSA) is 62.7 Å². The van der Waals surface area contributed by atoms with Gasteiger partial charge in [-0.05, 0) is 17.2 Å². The number of pyridine rings is 1. The highest BCUT2D eigenvalue weighted by Gasteiger charge is 2.25. The lowest BCUT2D eigenvalue weighted by Gasteiger charge is -2.14. The van der Waals surface area contributed by atoms with Crippen LogP contribution in [0.5, 0.6) is 5.75 Å². The van der Waals surface area contributed by atoms with E-state index in [9.17, 15) is 9.90 Å². The number of ether oxygens (including phenoxy) is 1. The van der Waals surface area contributed by atoms with Crippen molar-refractivity contribution < 1.29 is 14.6 Å². The van der Waals surface area contributed by atoms with Crippen molar-refractivity contribution in [1.29, 1.82) is 0 Å². The second-order valence-corrected chi connectivity index (χ2v) is 4.70. The van der Waals surface area contributed by atoms with E-state index in [1.54, 1.807) is 11.0 Å². The average Bonchev–Trinajstić information content (AvgIpc) is 2.89. The van der Waals surface area contributed by atoms with Crippen molar-refractivity contribution in [2.75, 3.05) is 0 Å². The van der Waals surface area contributed by atoms with E-state index in [-0.39, 0.29) is 18.4 Å². The molecule has 0 saturated heterocycles. The summed E-state index contributed by atoms with van der Waals surface area (Å²) in [6, 6.07) is 11.2. The van der Waals surface area contributed by atoms with Gasteiger partial charge < -0.3 is 9.84 Å². The number of hydrogen-bond donors (Lipinski definition) is 1. The van der Waals surface area contributed by atoms with Gasteiger partial charge in [-0.15, -0.1) is 0 Å². The van der Waals surface area contributed by atoms with Crippen molar-refractivity contribution >= 4 is 6.09 Å². The molecule has 0 spiro atoms. The first-order valence-electron chi connectivity index (χ1n) is 6.35. The van der Waals surface area contributed by atoms with Crippen LogP contribution in [0.25, 0.3) is 0 Å². The van der Waals surface area contributed by atoms with Gasteiger partial charge in [0.05, 0.1) is 25.0 Å². The Bertz CT molecular complexity index is 628. The number of aromatic hydroxyl groups is 1. The maximum atomic E-state index is 12.0. The molecule has 0 bridgehead atoms. The fourth-order valence-corrected chi connectivity index (χ4v) is 2.19. The highest BCUT2D eigenvalue weighted by atomic mass is 16.6. The zero-order valence-electron chi connectivity index (χ0n) is 10.8. The highest BCUT2D eigenvalue weighted by molar-refractivity contribution is 5.68. The van der Waals surface area contributed by atoms with Gasteiger partial charge in [0, 0.05) is 0 Å². The largest absolute Gasteiger partial charge is 0.506 e. The fourth-order valence-electron chi connectivity index (χ4n) is 2.19. The van der Waals surface area contributed by atoms with Crippen LogP contribution in [0.1, 0.15) is 16.8 Å². The van der Waals surface area contributed by atoms with E-state index in [4.69, 9.17) is 4.74 Å². The van der Waals surface area contributed by atoms with Gasteiger partial charge in [0.25, 0.3) is 0 Å². The number of carbonyl (C=O) groups is 1. The first-order valence-corrected chi connectivity index (χ1v) is 6.35. The molecule has 1 aliphatic heterocycles. The molecule has 102 valence electrons. The fraction of sp³-hybridized carbons (Fsp3) is 0.200. The minimum atomic E-state index is -0.369. The van der Waals surface area contributed by atoms with Crippen molar-refractivity contribution in [3.63, 3.8) is 0 Å². The summed E-state index contributed by atoms with van der Waals surface area (Å²) in [5.41, 5.74) is 2.62. The molecular formula is C15H14N2O3. The maximum Gasteiger partial charge on any atom is 0.410 e. The van der Waals surface area contributed by atoms with Gasteiger partial charge in [-0.2, -0.15) is 0 Å². The molecular weight excluding hydrogens is 256 g/mol. The average molecular weight is 270 g/mol. The molecule has 20 heavy (non-hydrogen) atoms. The van der Waals surface area contributed by atoms with Crippen molar-refractivity contribution in [3.8, 4) is 5.75 Å². The van der Waals surface area contributed by atoms with Gasteiger partial charge in [0.15, 0.2) is 0 Å². The lowest BCUT2D eigenvalue weighted by atomic mass is 10.2. The van der Waals surface area contributed by atoms with Crippen LogP contribution >= 0.6 is 0 Å². The number of benzene rings is 1. The predicted molar refractivity (Wildman–Crippen MR) is 71.8 cm³/mol. The minimum Gasteiger partial charge on any atom is -0.506 e. The third-order valence-corrected chi connectivity index (χ3v) is 3.21. The molecule has 0 saturated carbocycles. The van der Waals surface area contributed by atoms with Gasteiger partial charge in [-0.3, -0.25) is 9.88 Å². The maximum absolute atomic E-state index is 12.0. The molecule has 1 N–H and O–H groups in total. The molecule has 3 rings (SSSR count). The van der Waals surface area contributed by atoms with Crippen LogP contribution in [0.2, 0.25) is 0 Å². The van der Waals surface area contributed by atoms with Gasteiger partial charge in [-0.1, -0.05) is 30.3 Å². The summed E-state index contributed by atoms with van der Waals surface area (Å²) in [6.45, 7) is 1.10. The van der Waals surface area contributed by atoms with E-state index in [0.29, 0.717) is 13.1 Å². The van der Waals surface area contributed by atoms with Crippen LogP contribution in [-0.2, 0) is 24.4 Å². The Labute approximate surface area is 116 Å². The Morgan fingerprint density at radius 1 is 1.30 bits per heavy atom. The number of nitrogens with zero attached hydrogens (tertiary/aromatic N) is 2. The molecule has 0 fully saturated rings. The van der Waals surface area contributed by atoms with Gasteiger partial charge >= 0.3 is 6.09 Å². The molecule has 1 aliphatic rings. The third kappa shape index (κ3) is 2.56. The SMILES string of the molecule is O=C(OCc1ccccc1)N1Cc2cc(O)cnc2C1. The Balaban J connectivity index is 1.60. The number of fused-ring (bicyclic) bond motifs is 1. The Morgan fingerprint density at radius 2 is 2.10 bits per heavy atom. The summed E-state index contributed by atoms with van der Waals surface area (Å²) in [4.78, 5) is 17.7. The summed E-state index contributed by atoms with van der Waals surface area (Å²) < 4.78 is 5.27. The monoisotopic (exact) mass is 270 g/mol. The molecule has 5 nitrogen and oxygen atoms in total. The molecule has 0 aliphatic carbocycles. The molecule has 5 heteroatoms. The first kappa shape index (κ1) is 12.5. The molecule has 2 heterocycles. The number of hydrogen-bond acceptors (Lipinski definition) is 4. The first-order chi connectivity index (χ1) is 9.72. The quantitative estimate of drug-likeness (QED) is 0.910. The van der Waals surface area contributed by atoms with Crippen LogP contribution in [-0.4, -0.2) is 21.1 Å². The predicted octanol–water partition coefficient (Wildman–Crippen LogP) is 2.44. The van der Waals surface area contributed by atoms with Crippen molar-refractivity contribution in [2.24, 2.45) is 0 Å². The van der Waals surface area contributed by atoms with E-state index >= 15 is 0 Å². The third-order valence-electron chi connectivity index (χ3n) is 3.21. The molecule has 1 aromatic carbocycles. The smallest absolute Gasteiger partial charge is 0.410 e. The summed E-state index contributed by atoms with van der Waals surface area (Å²) in [5.74, 6) is 0.114.